The van der Waals surface area contributed by atoms with Crippen molar-refractivity contribution in [3.63, 3.8) is 0 Å². The Balaban J connectivity index is 1.40. The predicted octanol–water partition coefficient (Wildman–Crippen LogP) is 2.58. The summed E-state index contributed by atoms with van der Waals surface area (Å²) in [4.78, 5) is 24.1. The summed E-state index contributed by atoms with van der Waals surface area (Å²) in [6.45, 7) is -0.112. The fourth-order valence-electron chi connectivity index (χ4n) is 2.59. The van der Waals surface area contributed by atoms with Crippen molar-refractivity contribution >= 4 is 43.5 Å². The number of carbonyl (C=O) groups is 2. The topological polar surface area (TPSA) is 104 Å². The van der Waals surface area contributed by atoms with Gasteiger partial charge in [-0.1, -0.05) is 28.1 Å². The van der Waals surface area contributed by atoms with E-state index in [0.29, 0.717) is 12.1 Å². The van der Waals surface area contributed by atoms with Gasteiger partial charge in [0, 0.05) is 22.6 Å². The van der Waals surface area contributed by atoms with Crippen LogP contribution >= 0.6 is 15.9 Å². The molecule has 7 nitrogen and oxygen atoms in total. The van der Waals surface area contributed by atoms with E-state index in [0.717, 1.165) is 22.9 Å². The van der Waals surface area contributed by atoms with E-state index in [9.17, 15) is 18.0 Å². The molecule has 0 radical (unpaired) electrons. The fourth-order valence-corrected chi connectivity index (χ4v) is 4.16. The quantitative estimate of drug-likeness (QED) is 0.513. The number of hydrogen-bond donors (Lipinski definition) is 3. The molecule has 1 fully saturated rings. The highest BCUT2D eigenvalue weighted by molar-refractivity contribution is 9.10. The highest BCUT2D eigenvalue weighted by Crippen LogP contribution is 2.22. The van der Waals surface area contributed by atoms with Gasteiger partial charge in [-0.25, -0.2) is 13.1 Å². The van der Waals surface area contributed by atoms with Crippen LogP contribution in [0.2, 0.25) is 0 Å². The highest BCUT2D eigenvalue weighted by Gasteiger charge is 2.27. The zero-order valence-corrected chi connectivity index (χ0v) is 18.1. The van der Waals surface area contributed by atoms with E-state index in [1.807, 2.05) is 12.1 Å². The summed E-state index contributed by atoms with van der Waals surface area (Å²) in [6.07, 6.45) is 2.43. The van der Waals surface area contributed by atoms with Crippen LogP contribution in [0, 0.1) is 0 Å². The molecule has 0 aliphatic heterocycles. The molecule has 0 aromatic heterocycles. The smallest absolute Gasteiger partial charge is 0.243 e. The Labute approximate surface area is 178 Å². The number of sulfonamides is 1. The molecule has 29 heavy (non-hydrogen) atoms. The summed E-state index contributed by atoms with van der Waals surface area (Å²) in [7, 11) is -3.47. The number of rotatable bonds is 9. The van der Waals surface area contributed by atoms with Crippen LogP contribution in [0.15, 0.2) is 57.9 Å². The molecule has 1 aliphatic rings. The maximum Gasteiger partial charge on any atom is 0.243 e. The van der Waals surface area contributed by atoms with Crippen molar-refractivity contribution in [2.24, 2.45) is 0 Å². The number of anilines is 1. The lowest BCUT2D eigenvalue weighted by Crippen LogP contribution is -2.32. The predicted molar refractivity (Wildman–Crippen MR) is 114 cm³/mol. The Hall–Kier alpha value is -2.23. The Kier molecular flexibility index (Phi) is 7.05. The first-order valence-electron chi connectivity index (χ1n) is 9.25. The summed E-state index contributed by atoms with van der Waals surface area (Å²) in [6, 6.07) is 13.7. The summed E-state index contributed by atoms with van der Waals surface area (Å²) in [5.74, 6) is -0.554. The molecule has 0 bridgehead atoms. The van der Waals surface area contributed by atoms with E-state index in [2.05, 4.69) is 31.3 Å². The van der Waals surface area contributed by atoms with Crippen molar-refractivity contribution in [2.45, 2.75) is 36.6 Å². The van der Waals surface area contributed by atoms with E-state index in [-0.39, 0.29) is 35.7 Å². The third-order valence-electron chi connectivity index (χ3n) is 4.35. The first-order chi connectivity index (χ1) is 13.8. The number of benzene rings is 2. The van der Waals surface area contributed by atoms with Gasteiger partial charge in [-0.05, 0) is 61.2 Å². The highest BCUT2D eigenvalue weighted by atomic mass is 79.9. The molecule has 2 aromatic rings. The summed E-state index contributed by atoms with van der Waals surface area (Å²) >= 11 is 3.32. The number of carbonyl (C=O) groups excluding carboxylic acids is 2. The number of amides is 2. The van der Waals surface area contributed by atoms with Crippen molar-refractivity contribution < 1.29 is 18.0 Å². The largest absolute Gasteiger partial charge is 0.347 e. The standard InChI is InChI=1S/C20H22BrN3O4S/c21-15-4-6-16(7-5-15)23-20(26)13-22-19(25)12-3-14-1-10-18(11-2-14)29(27,28)24-17-8-9-17/h1-2,4-7,10-11,17,24H,3,8-9,12-13H2,(H,22,25)(H,23,26). The van der Waals surface area contributed by atoms with Gasteiger partial charge in [-0.3, -0.25) is 9.59 Å². The average Bonchev–Trinajstić information content (AvgIpc) is 3.50. The SMILES string of the molecule is O=C(CCc1ccc(S(=O)(=O)NC2CC2)cc1)NCC(=O)Nc1ccc(Br)cc1. The molecule has 0 saturated heterocycles. The van der Waals surface area contributed by atoms with Gasteiger partial charge < -0.3 is 10.6 Å². The molecule has 0 spiro atoms. The molecule has 154 valence electrons. The minimum atomic E-state index is -3.47. The van der Waals surface area contributed by atoms with Crippen LogP contribution in [0.25, 0.3) is 0 Å². The van der Waals surface area contributed by atoms with Crippen molar-refractivity contribution in [3.05, 3.63) is 58.6 Å². The molecule has 0 atom stereocenters. The third-order valence-corrected chi connectivity index (χ3v) is 6.41. The van der Waals surface area contributed by atoms with Crippen LogP contribution in [0.4, 0.5) is 5.69 Å². The lowest BCUT2D eigenvalue weighted by molar-refractivity contribution is -0.124. The maximum atomic E-state index is 12.1. The summed E-state index contributed by atoms with van der Waals surface area (Å²) in [5.41, 5.74) is 1.50. The van der Waals surface area contributed by atoms with Crippen molar-refractivity contribution in [3.8, 4) is 0 Å². The molecule has 3 N–H and O–H groups in total. The minimum absolute atomic E-state index is 0.0596. The zero-order chi connectivity index (χ0) is 20.9. The van der Waals surface area contributed by atoms with Gasteiger partial charge in [-0.2, -0.15) is 0 Å². The van der Waals surface area contributed by atoms with Crippen LogP contribution < -0.4 is 15.4 Å². The third kappa shape index (κ3) is 6.95. The second-order valence-electron chi connectivity index (χ2n) is 6.87. The van der Waals surface area contributed by atoms with Crippen LogP contribution in [0.1, 0.15) is 24.8 Å². The van der Waals surface area contributed by atoms with Gasteiger partial charge in [0.25, 0.3) is 0 Å². The minimum Gasteiger partial charge on any atom is -0.347 e. The molecule has 2 aromatic carbocycles. The zero-order valence-electron chi connectivity index (χ0n) is 15.7. The van der Waals surface area contributed by atoms with E-state index in [1.54, 1.807) is 36.4 Å². The molecule has 1 saturated carbocycles. The Morgan fingerprint density at radius 1 is 0.966 bits per heavy atom. The van der Waals surface area contributed by atoms with Crippen molar-refractivity contribution in [2.75, 3.05) is 11.9 Å². The maximum absolute atomic E-state index is 12.1. The number of aryl methyl sites for hydroxylation is 1. The normalized spacial score (nSPS) is 13.7. The molecule has 9 heteroatoms. The lowest BCUT2D eigenvalue weighted by Gasteiger charge is -2.08. The van der Waals surface area contributed by atoms with Gasteiger partial charge in [0.05, 0.1) is 11.4 Å². The second kappa shape index (κ2) is 9.51. The van der Waals surface area contributed by atoms with Gasteiger partial charge in [0.15, 0.2) is 0 Å². The Bertz CT molecular complexity index is 972. The number of nitrogens with one attached hydrogen (secondary N) is 3. The first-order valence-corrected chi connectivity index (χ1v) is 11.5. The fraction of sp³-hybridized carbons (Fsp3) is 0.300. The van der Waals surface area contributed by atoms with E-state index < -0.39 is 10.0 Å². The summed E-state index contributed by atoms with van der Waals surface area (Å²) in [5, 5.41) is 5.28. The van der Waals surface area contributed by atoms with Gasteiger partial charge in [-0.15, -0.1) is 0 Å². The van der Waals surface area contributed by atoms with Crippen LogP contribution in [-0.2, 0) is 26.0 Å². The lowest BCUT2D eigenvalue weighted by atomic mass is 10.1. The Morgan fingerprint density at radius 3 is 2.24 bits per heavy atom. The van der Waals surface area contributed by atoms with Gasteiger partial charge >= 0.3 is 0 Å². The van der Waals surface area contributed by atoms with Gasteiger partial charge in [0.1, 0.15) is 0 Å². The number of hydrogen-bond acceptors (Lipinski definition) is 4. The molecule has 3 rings (SSSR count). The monoisotopic (exact) mass is 479 g/mol. The molecule has 1 aliphatic carbocycles. The van der Waals surface area contributed by atoms with E-state index in [1.165, 1.54) is 0 Å². The van der Waals surface area contributed by atoms with Crippen molar-refractivity contribution in [1.29, 1.82) is 0 Å². The second-order valence-corrected chi connectivity index (χ2v) is 9.50. The van der Waals surface area contributed by atoms with Crippen molar-refractivity contribution in [1.82, 2.24) is 10.0 Å². The number of halogens is 1. The van der Waals surface area contributed by atoms with Gasteiger partial charge in [0.2, 0.25) is 21.8 Å². The average molecular weight is 480 g/mol. The summed E-state index contributed by atoms with van der Waals surface area (Å²) < 4.78 is 27.8. The Morgan fingerprint density at radius 2 is 1.62 bits per heavy atom. The van der Waals surface area contributed by atoms with E-state index in [4.69, 9.17) is 0 Å². The molecular weight excluding hydrogens is 458 g/mol. The first kappa shape index (κ1) is 21.5. The molecule has 0 heterocycles. The van der Waals surface area contributed by atoms with E-state index >= 15 is 0 Å². The van der Waals surface area contributed by atoms with Crippen LogP contribution in [-0.4, -0.2) is 32.8 Å². The van der Waals surface area contributed by atoms with Crippen LogP contribution in [0.5, 0.6) is 0 Å². The van der Waals surface area contributed by atoms with Crippen LogP contribution in [0.3, 0.4) is 0 Å². The molecule has 0 unspecified atom stereocenters. The molecule has 2 amide bonds. The molecular formula is C20H22BrN3O4S.